The average Bonchev–Trinajstić information content (AvgIpc) is 2.68. The normalized spacial score (nSPS) is 15.4. The number of amides is 1. The molecule has 0 atom stereocenters. The van der Waals surface area contributed by atoms with E-state index in [0.717, 1.165) is 37.2 Å². The molecule has 1 heterocycles. The molecule has 2 aromatic carbocycles. The molecule has 0 aliphatic carbocycles. The number of rotatable bonds is 6. The summed E-state index contributed by atoms with van der Waals surface area (Å²) in [6.45, 7) is 6.44. The van der Waals surface area contributed by atoms with Crippen molar-refractivity contribution in [2.45, 2.75) is 39.3 Å². The third-order valence-corrected chi connectivity index (χ3v) is 5.32. The van der Waals surface area contributed by atoms with Crippen LogP contribution in [0.2, 0.25) is 0 Å². The second kappa shape index (κ2) is 9.20. The summed E-state index contributed by atoms with van der Waals surface area (Å²) in [4.78, 5) is 16.3. The van der Waals surface area contributed by atoms with E-state index in [1.54, 1.807) is 30.1 Å². The van der Waals surface area contributed by atoms with E-state index in [0.29, 0.717) is 12.1 Å². The highest BCUT2D eigenvalue weighted by Crippen LogP contribution is 2.24. The van der Waals surface area contributed by atoms with Gasteiger partial charge in [-0.05, 0) is 49.9 Å². The van der Waals surface area contributed by atoms with Crippen LogP contribution in [0.1, 0.15) is 29.5 Å². The number of benzene rings is 2. The predicted octanol–water partition coefficient (Wildman–Crippen LogP) is 3.94. The summed E-state index contributed by atoms with van der Waals surface area (Å²) in [6, 6.07) is 12.9. The summed E-state index contributed by atoms with van der Waals surface area (Å²) in [6.07, 6.45) is 1.98. The van der Waals surface area contributed by atoms with Gasteiger partial charge >= 0.3 is 0 Å². The largest absolute Gasteiger partial charge is 0.490 e. The molecule has 0 spiro atoms. The zero-order valence-corrected chi connectivity index (χ0v) is 17.0. The summed E-state index contributed by atoms with van der Waals surface area (Å²) >= 11 is 0. The standard InChI is InChI=1S/C23H29FN2O2/c1-17-8-9-18(2)22(14-17)28-20-10-12-26(13-11-20)16-23(27)25(3)15-19-6-4-5-7-21(19)24/h4-9,14,20H,10-13,15-16H2,1-3H3. The van der Waals surface area contributed by atoms with Gasteiger partial charge in [-0.3, -0.25) is 9.69 Å². The van der Waals surface area contributed by atoms with Crippen LogP contribution in [0.15, 0.2) is 42.5 Å². The van der Waals surface area contributed by atoms with Crippen molar-refractivity contribution in [3.63, 3.8) is 0 Å². The monoisotopic (exact) mass is 384 g/mol. The molecule has 0 bridgehead atoms. The molecular formula is C23H29FN2O2. The molecule has 0 aromatic heterocycles. The van der Waals surface area contributed by atoms with Gasteiger partial charge in [0.25, 0.3) is 0 Å². The number of nitrogens with zero attached hydrogens (tertiary/aromatic N) is 2. The molecule has 5 heteroatoms. The number of aryl methyl sites for hydroxylation is 2. The average molecular weight is 384 g/mol. The van der Waals surface area contributed by atoms with E-state index in [-0.39, 0.29) is 24.4 Å². The lowest BCUT2D eigenvalue weighted by Gasteiger charge is -2.33. The van der Waals surface area contributed by atoms with Gasteiger partial charge in [-0.15, -0.1) is 0 Å². The number of likely N-dealkylation sites (tertiary alicyclic amines) is 1. The smallest absolute Gasteiger partial charge is 0.236 e. The summed E-state index contributed by atoms with van der Waals surface area (Å²) in [5.74, 6) is 0.697. The van der Waals surface area contributed by atoms with Gasteiger partial charge in [0, 0.05) is 32.2 Å². The molecule has 1 saturated heterocycles. The van der Waals surface area contributed by atoms with E-state index in [2.05, 4.69) is 36.9 Å². The molecule has 4 nitrogen and oxygen atoms in total. The van der Waals surface area contributed by atoms with Crippen molar-refractivity contribution in [2.75, 3.05) is 26.7 Å². The number of ether oxygens (including phenoxy) is 1. The second-order valence-corrected chi connectivity index (χ2v) is 7.70. The lowest BCUT2D eigenvalue weighted by atomic mass is 10.1. The molecule has 2 aromatic rings. The van der Waals surface area contributed by atoms with Gasteiger partial charge in [0.15, 0.2) is 0 Å². The van der Waals surface area contributed by atoms with Crippen molar-refractivity contribution in [1.82, 2.24) is 9.80 Å². The predicted molar refractivity (Wildman–Crippen MR) is 109 cm³/mol. The van der Waals surface area contributed by atoms with Gasteiger partial charge in [-0.1, -0.05) is 30.3 Å². The summed E-state index contributed by atoms with van der Waals surface area (Å²) in [7, 11) is 1.73. The van der Waals surface area contributed by atoms with Crippen LogP contribution in [-0.2, 0) is 11.3 Å². The molecule has 28 heavy (non-hydrogen) atoms. The number of carbonyl (C=O) groups excluding carboxylic acids is 1. The molecule has 0 N–H and O–H groups in total. The molecule has 1 amide bonds. The summed E-state index contributed by atoms with van der Waals surface area (Å²) in [5.41, 5.74) is 2.89. The van der Waals surface area contributed by atoms with Crippen molar-refractivity contribution in [3.05, 3.63) is 65.0 Å². The molecule has 150 valence electrons. The summed E-state index contributed by atoms with van der Waals surface area (Å²) < 4.78 is 20.0. The van der Waals surface area contributed by atoms with Gasteiger partial charge in [0.2, 0.25) is 5.91 Å². The first kappa shape index (κ1) is 20.3. The molecule has 3 rings (SSSR count). The Kier molecular flexibility index (Phi) is 6.68. The van der Waals surface area contributed by atoms with E-state index in [1.807, 2.05) is 0 Å². The maximum absolute atomic E-state index is 13.8. The highest BCUT2D eigenvalue weighted by molar-refractivity contribution is 5.78. The highest BCUT2D eigenvalue weighted by Gasteiger charge is 2.23. The first-order valence-corrected chi connectivity index (χ1v) is 9.86. The van der Waals surface area contributed by atoms with E-state index in [1.165, 1.54) is 11.6 Å². The Hall–Kier alpha value is -2.40. The molecule has 1 aliphatic rings. The Morgan fingerprint density at radius 2 is 1.89 bits per heavy atom. The SMILES string of the molecule is Cc1ccc(C)c(OC2CCN(CC(=O)N(C)Cc3ccccc3F)CC2)c1. The molecule has 0 radical (unpaired) electrons. The van der Waals surface area contributed by atoms with E-state index >= 15 is 0 Å². The van der Waals surface area contributed by atoms with Crippen LogP contribution in [0.3, 0.4) is 0 Å². The lowest BCUT2D eigenvalue weighted by Crippen LogP contribution is -2.44. The van der Waals surface area contributed by atoms with E-state index in [9.17, 15) is 9.18 Å². The Labute approximate surface area is 166 Å². The Morgan fingerprint density at radius 1 is 1.18 bits per heavy atom. The van der Waals surface area contributed by atoms with E-state index in [4.69, 9.17) is 4.74 Å². The van der Waals surface area contributed by atoms with Crippen LogP contribution in [0.25, 0.3) is 0 Å². The number of hydrogen-bond acceptors (Lipinski definition) is 3. The van der Waals surface area contributed by atoms with Crippen molar-refractivity contribution < 1.29 is 13.9 Å². The van der Waals surface area contributed by atoms with Crippen LogP contribution in [0, 0.1) is 19.7 Å². The fraction of sp³-hybridized carbons (Fsp3) is 0.435. The fourth-order valence-corrected chi connectivity index (χ4v) is 3.48. The van der Waals surface area contributed by atoms with Crippen LogP contribution in [0.4, 0.5) is 4.39 Å². The number of likely N-dealkylation sites (N-methyl/N-ethyl adjacent to an activating group) is 1. The fourth-order valence-electron chi connectivity index (χ4n) is 3.48. The lowest BCUT2D eigenvalue weighted by molar-refractivity contribution is -0.132. The molecule has 0 saturated carbocycles. The maximum atomic E-state index is 13.8. The molecule has 0 unspecified atom stereocenters. The summed E-state index contributed by atoms with van der Waals surface area (Å²) in [5, 5.41) is 0. The quantitative estimate of drug-likeness (QED) is 0.756. The Bertz CT molecular complexity index is 816. The van der Waals surface area contributed by atoms with Gasteiger partial charge < -0.3 is 9.64 Å². The van der Waals surface area contributed by atoms with E-state index < -0.39 is 0 Å². The molecule has 1 fully saturated rings. The number of carbonyl (C=O) groups is 1. The minimum absolute atomic E-state index is 0.0113. The zero-order chi connectivity index (χ0) is 20.1. The van der Waals surface area contributed by atoms with Crippen LogP contribution in [0.5, 0.6) is 5.75 Å². The van der Waals surface area contributed by atoms with Crippen molar-refractivity contribution in [1.29, 1.82) is 0 Å². The molecular weight excluding hydrogens is 355 g/mol. The van der Waals surface area contributed by atoms with Gasteiger partial charge in [-0.2, -0.15) is 0 Å². The maximum Gasteiger partial charge on any atom is 0.236 e. The number of halogens is 1. The van der Waals surface area contributed by atoms with Crippen molar-refractivity contribution in [2.24, 2.45) is 0 Å². The minimum atomic E-state index is -0.272. The number of piperidine rings is 1. The minimum Gasteiger partial charge on any atom is -0.490 e. The topological polar surface area (TPSA) is 32.8 Å². The van der Waals surface area contributed by atoms with Gasteiger partial charge in [0.05, 0.1) is 6.54 Å². The highest BCUT2D eigenvalue weighted by atomic mass is 19.1. The second-order valence-electron chi connectivity index (χ2n) is 7.70. The Balaban J connectivity index is 1.46. The van der Waals surface area contributed by atoms with Gasteiger partial charge in [-0.25, -0.2) is 4.39 Å². The van der Waals surface area contributed by atoms with Crippen LogP contribution >= 0.6 is 0 Å². The van der Waals surface area contributed by atoms with Gasteiger partial charge in [0.1, 0.15) is 17.7 Å². The Morgan fingerprint density at radius 3 is 2.61 bits per heavy atom. The first-order valence-electron chi connectivity index (χ1n) is 9.86. The number of hydrogen-bond donors (Lipinski definition) is 0. The van der Waals surface area contributed by atoms with Crippen molar-refractivity contribution in [3.8, 4) is 5.75 Å². The van der Waals surface area contributed by atoms with Crippen molar-refractivity contribution >= 4 is 5.91 Å². The zero-order valence-electron chi connectivity index (χ0n) is 17.0. The molecule has 1 aliphatic heterocycles. The van der Waals surface area contributed by atoms with Crippen LogP contribution in [-0.4, -0.2) is 48.5 Å². The first-order chi connectivity index (χ1) is 13.4. The third-order valence-electron chi connectivity index (χ3n) is 5.32. The third kappa shape index (κ3) is 5.32. The van der Waals surface area contributed by atoms with Crippen LogP contribution < -0.4 is 4.74 Å².